The number of hydrogen-bond donors (Lipinski definition) is 1. The van der Waals surface area contributed by atoms with Crippen LogP contribution in [0.15, 0.2) is 28.1 Å². The molecule has 94 valence electrons. The topological polar surface area (TPSA) is 52.9 Å². The molecular formula is C12H11IN2O2S. The average Bonchev–Trinajstić information content (AvgIpc) is 2.62. The maximum Gasteiger partial charge on any atom is 0.266 e. The number of phenols is 1. The molecule has 0 bridgehead atoms. The van der Waals surface area contributed by atoms with Crippen molar-refractivity contribution in [3.63, 3.8) is 0 Å². The van der Waals surface area contributed by atoms with Gasteiger partial charge in [0.2, 0.25) is 0 Å². The summed E-state index contributed by atoms with van der Waals surface area (Å²) in [5.41, 5.74) is 0.888. The van der Waals surface area contributed by atoms with Crippen LogP contribution >= 0.6 is 34.4 Å². The van der Waals surface area contributed by atoms with Gasteiger partial charge in [0.1, 0.15) is 5.75 Å². The molecule has 2 rings (SSSR count). The second-order valence-corrected chi connectivity index (χ2v) is 5.86. The first-order chi connectivity index (χ1) is 8.52. The molecule has 1 amide bonds. The first-order valence-electron chi connectivity index (χ1n) is 5.16. The highest BCUT2D eigenvalue weighted by molar-refractivity contribution is 14.1. The predicted molar refractivity (Wildman–Crippen MR) is 82.5 cm³/mol. The van der Waals surface area contributed by atoms with Crippen molar-refractivity contribution < 1.29 is 9.90 Å². The maximum atomic E-state index is 11.9. The van der Waals surface area contributed by atoms with E-state index in [-0.39, 0.29) is 11.7 Å². The lowest BCUT2D eigenvalue weighted by molar-refractivity contribution is -0.121. The Bertz CT molecular complexity index is 569. The molecule has 0 aliphatic carbocycles. The van der Waals surface area contributed by atoms with E-state index in [0.717, 1.165) is 9.13 Å². The molecule has 0 saturated carbocycles. The van der Waals surface area contributed by atoms with Crippen LogP contribution in [0.25, 0.3) is 6.08 Å². The normalized spacial score (nSPS) is 20.2. The lowest BCUT2D eigenvalue weighted by atomic mass is 10.2. The van der Waals surface area contributed by atoms with Crippen LogP contribution in [0.3, 0.4) is 0 Å². The van der Waals surface area contributed by atoms with Gasteiger partial charge in [0, 0.05) is 14.1 Å². The third-order valence-corrected chi connectivity index (χ3v) is 4.48. The van der Waals surface area contributed by atoms with Gasteiger partial charge in [0.15, 0.2) is 5.17 Å². The molecule has 6 heteroatoms. The zero-order valence-corrected chi connectivity index (χ0v) is 12.8. The van der Waals surface area contributed by atoms with Crippen LogP contribution < -0.4 is 0 Å². The molecule has 0 radical (unpaired) electrons. The quantitative estimate of drug-likeness (QED) is 0.607. The standard InChI is InChI=1S/C12H11IN2O2S/c1-14-12-15(2)11(17)10(18-12)6-7-3-4-9(16)8(13)5-7/h3-6,16H,1-2H3/b10-6-,14-12?. The average molecular weight is 374 g/mol. The highest BCUT2D eigenvalue weighted by Gasteiger charge is 2.29. The number of nitrogens with zero attached hydrogens (tertiary/aromatic N) is 2. The maximum absolute atomic E-state index is 11.9. The molecule has 1 fully saturated rings. The Morgan fingerprint density at radius 3 is 2.78 bits per heavy atom. The highest BCUT2D eigenvalue weighted by Crippen LogP contribution is 2.32. The molecular weight excluding hydrogens is 363 g/mol. The number of carbonyl (C=O) groups excluding carboxylic acids is 1. The lowest BCUT2D eigenvalue weighted by Gasteiger charge is -2.05. The minimum absolute atomic E-state index is 0.0521. The van der Waals surface area contributed by atoms with Gasteiger partial charge >= 0.3 is 0 Å². The summed E-state index contributed by atoms with van der Waals surface area (Å²) in [6, 6.07) is 5.23. The van der Waals surface area contributed by atoms with Gasteiger partial charge in [-0.05, 0) is 58.1 Å². The number of rotatable bonds is 1. The van der Waals surface area contributed by atoms with E-state index in [2.05, 4.69) is 27.6 Å². The number of benzene rings is 1. The van der Waals surface area contributed by atoms with Crippen LogP contribution in [-0.2, 0) is 4.79 Å². The number of phenolic OH excluding ortho intramolecular Hbond substituents is 1. The molecule has 18 heavy (non-hydrogen) atoms. The van der Waals surface area contributed by atoms with Crippen molar-refractivity contribution in [2.45, 2.75) is 0 Å². The molecule has 1 aliphatic heterocycles. The Hall–Kier alpha value is -1.02. The van der Waals surface area contributed by atoms with E-state index < -0.39 is 0 Å². The van der Waals surface area contributed by atoms with E-state index in [1.54, 1.807) is 26.2 Å². The van der Waals surface area contributed by atoms with Crippen LogP contribution in [0.5, 0.6) is 5.75 Å². The number of thioether (sulfide) groups is 1. The van der Waals surface area contributed by atoms with E-state index in [1.165, 1.54) is 16.7 Å². The summed E-state index contributed by atoms with van der Waals surface area (Å²) in [5, 5.41) is 10.1. The van der Waals surface area contributed by atoms with Crippen LogP contribution in [0.1, 0.15) is 5.56 Å². The molecule has 0 aromatic heterocycles. The first kappa shape index (κ1) is 13.4. The van der Waals surface area contributed by atoms with Crippen molar-refractivity contribution >= 4 is 51.5 Å². The number of carbonyl (C=O) groups is 1. The summed E-state index contributed by atoms with van der Waals surface area (Å²) in [6.45, 7) is 0. The molecule has 1 saturated heterocycles. The van der Waals surface area contributed by atoms with Crippen LogP contribution in [0.2, 0.25) is 0 Å². The second kappa shape index (κ2) is 5.31. The number of hydrogen-bond acceptors (Lipinski definition) is 4. The summed E-state index contributed by atoms with van der Waals surface area (Å²) in [7, 11) is 3.37. The van der Waals surface area contributed by atoms with Gasteiger partial charge in [0.05, 0.1) is 8.48 Å². The third kappa shape index (κ3) is 2.54. The number of likely N-dealkylation sites (N-methyl/N-ethyl adjacent to an activating group) is 1. The number of amides is 1. The van der Waals surface area contributed by atoms with Crippen LogP contribution in [0.4, 0.5) is 0 Å². The number of aliphatic imine (C=N–C) groups is 1. The Labute approximate surface area is 123 Å². The Morgan fingerprint density at radius 1 is 1.50 bits per heavy atom. The van der Waals surface area contributed by atoms with Gasteiger partial charge in [-0.3, -0.25) is 14.7 Å². The van der Waals surface area contributed by atoms with Crippen LogP contribution in [-0.4, -0.2) is 35.2 Å². The Kier molecular flexibility index (Phi) is 3.96. The lowest BCUT2D eigenvalue weighted by Crippen LogP contribution is -2.23. The number of aromatic hydroxyl groups is 1. The fourth-order valence-corrected chi connectivity index (χ4v) is 2.98. The van der Waals surface area contributed by atoms with Crippen molar-refractivity contribution in [1.29, 1.82) is 0 Å². The van der Waals surface area contributed by atoms with Gasteiger partial charge in [-0.1, -0.05) is 6.07 Å². The minimum Gasteiger partial charge on any atom is -0.507 e. The predicted octanol–water partition coefficient (Wildman–Crippen LogP) is 2.53. The van der Waals surface area contributed by atoms with Crippen molar-refractivity contribution in [2.75, 3.05) is 14.1 Å². The number of halogens is 1. The van der Waals surface area contributed by atoms with E-state index in [1.807, 2.05) is 12.1 Å². The van der Waals surface area contributed by atoms with E-state index in [4.69, 9.17) is 0 Å². The van der Waals surface area contributed by atoms with Gasteiger partial charge in [0.25, 0.3) is 5.91 Å². The molecule has 0 unspecified atom stereocenters. The molecule has 1 aliphatic rings. The minimum atomic E-state index is -0.0521. The fourth-order valence-electron chi connectivity index (χ4n) is 1.51. The van der Waals surface area contributed by atoms with Crippen LogP contribution in [0, 0.1) is 3.57 Å². The zero-order chi connectivity index (χ0) is 13.3. The van der Waals surface area contributed by atoms with Gasteiger partial charge in [-0.15, -0.1) is 0 Å². The van der Waals surface area contributed by atoms with E-state index >= 15 is 0 Å². The summed E-state index contributed by atoms with van der Waals surface area (Å²) >= 11 is 3.41. The SMILES string of the molecule is CN=C1S/C(=C\c2ccc(O)c(I)c2)C(=O)N1C. The monoisotopic (exact) mass is 374 g/mol. The summed E-state index contributed by atoms with van der Waals surface area (Å²) in [5.74, 6) is 0.194. The number of amidine groups is 1. The van der Waals surface area contributed by atoms with Gasteiger partial charge < -0.3 is 5.11 Å². The van der Waals surface area contributed by atoms with E-state index in [0.29, 0.717) is 10.1 Å². The van der Waals surface area contributed by atoms with Gasteiger partial charge in [-0.25, -0.2) is 0 Å². The fraction of sp³-hybridized carbons (Fsp3) is 0.167. The zero-order valence-electron chi connectivity index (χ0n) is 9.85. The molecule has 1 aromatic rings. The van der Waals surface area contributed by atoms with Gasteiger partial charge in [-0.2, -0.15) is 0 Å². The molecule has 0 atom stereocenters. The molecule has 0 spiro atoms. The Morgan fingerprint density at radius 2 is 2.22 bits per heavy atom. The first-order valence-corrected chi connectivity index (χ1v) is 7.05. The highest BCUT2D eigenvalue weighted by atomic mass is 127. The van der Waals surface area contributed by atoms with Crippen molar-refractivity contribution in [3.8, 4) is 5.75 Å². The Balaban J connectivity index is 2.34. The largest absolute Gasteiger partial charge is 0.507 e. The van der Waals surface area contributed by atoms with Crippen molar-refractivity contribution in [3.05, 3.63) is 32.2 Å². The second-order valence-electron chi connectivity index (χ2n) is 3.69. The molecule has 1 N–H and O–H groups in total. The van der Waals surface area contributed by atoms with E-state index in [9.17, 15) is 9.90 Å². The summed E-state index contributed by atoms with van der Waals surface area (Å²) in [6.07, 6.45) is 1.81. The summed E-state index contributed by atoms with van der Waals surface area (Å²) < 4.78 is 0.759. The van der Waals surface area contributed by atoms with Crippen molar-refractivity contribution in [1.82, 2.24) is 4.90 Å². The molecule has 4 nitrogen and oxygen atoms in total. The smallest absolute Gasteiger partial charge is 0.266 e. The molecule has 1 aromatic carbocycles. The third-order valence-electron chi connectivity index (χ3n) is 2.46. The summed E-state index contributed by atoms with van der Waals surface area (Å²) in [4.78, 5) is 18.1. The van der Waals surface area contributed by atoms with Crippen molar-refractivity contribution in [2.24, 2.45) is 4.99 Å². The molecule has 1 heterocycles.